The van der Waals surface area contributed by atoms with Gasteiger partial charge in [-0.2, -0.15) is 0 Å². The number of hydrogen-bond acceptors (Lipinski definition) is 2. The molecule has 0 spiro atoms. The number of para-hydroxylation sites is 1. The number of anilines is 1. The molecule has 12 heavy (non-hydrogen) atoms. The van der Waals surface area contributed by atoms with Crippen LogP contribution < -0.4 is 5.73 Å². The summed E-state index contributed by atoms with van der Waals surface area (Å²) in [7, 11) is 0. The first kappa shape index (κ1) is 7.18. The number of rotatable bonds is 1. The number of benzene rings is 1. The third-order valence-electron chi connectivity index (χ3n) is 2.00. The molecule has 1 heterocycles. The zero-order valence-corrected chi connectivity index (χ0v) is 6.54. The summed E-state index contributed by atoms with van der Waals surface area (Å²) in [6.07, 6.45) is 0. The van der Waals surface area contributed by atoms with Gasteiger partial charge in [0.05, 0.1) is 6.61 Å². The Hall–Kier alpha value is -1.48. The molecule has 0 radical (unpaired) electrons. The number of nitrogen functional groups attached to an aromatic ring is 1. The molecule has 62 valence electrons. The Balaban J connectivity index is 2.81. The highest BCUT2D eigenvalue weighted by molar-refractivity contribution is 5.87. The highest BCUT2D eigenvalue weighted by Crippen LogP contribution is 2.23. The van der Waals surface area contributed by atoms with Crippen LogP contribution in [0.4, 0.5) is 5.82 Å². The van der Waals surface area contributed by atoms with Crippen molar-refractivity contribution in [2.45, 2.75) is 6.61 Å². The van der Waals surface area contributed by atoms with Crippen LogP contribution in [0.15, 0.2) is 24.3 Å². The van der Waals surface area contributed by atoms with E-state index in [4.69, 9.17) is 10.8 Å². The largest absolute Gasteiger partial charge is 0.392 e. The van der Waals surface area contributed by atoms with Crippen LogP contribution in [0, 0.1) is 0 Å². The van der Waals surface area contributed by atoms with Gasteiger partial charge in [0, 0.05) is 16.5 Å². The molecule has 3 nitrogen and oxygen atoms in total. The third-order valence-corrected chi connectivity index (χ3v) is 2.00. The van der Waals surface area contributed by atoms with Gasteiger partial charge in [-0.3, -0.25) is 0 Å². The average Bonchev–Trinajstić information content (AvgIpc) is 2.40. The number of nitrogens with one attached hydrogen (secondary N) is 1. The Labute approximate surface area is 69.8 Å². The predicted octanol–water partition coefficient (Wildman–Crippen LogP) is 1.24. The second-order valence-electron chi connectivity index (χ2n) is 2.72. The number of nitrogens with two attached hydrogens (primary N) is 1. The summed E-state index contributed by atoms with van der Waals surface area (Å²) in [6.45, 7) is -0.0180. The first-order valence-electron chi connectivity index (χ1n) is 3.79. The molecule has 0 saturated heterocycles. The van der Waals surface area contributed by atoms with Gasteiger partial charge in [0.2, 0.25) is 0 Å². The van der Waals surface area contributed by atoms with E-state index in [1.54, 1.807) is 0 Å². The molecule has 0 saturated carbocycles. The van der Waals surface area contributed by atoms with Crippen LogP contribution >= 0.6 is 0 Å². The first-order valence-corrected chi connectivity index (χ1v) is 3.79. The maximum absolute atomic E-state index is 9.01. The van der Waals surface area contributed by atoms with E-state index < -0.39 is 0 Å². The van der Waals surface area contributed by atoms with E-state index >= 15 is 0 Å². The molecular weight excluding hydrogens is 152 g/mol. The number of aliphatic hydroxyl groups excluding tert-OH is 1. The van der Waals surface area contributed by atoms with Gasteiger partial charge in [-0.1, -0.05) is 18.2 Å². The Kier molecular flexibility index (Phi) is 1.52. The molecule has 0 unspecified atom stereocenters. The number of aromatic nitrogens is 1. The van der Waals surface area contributed by atoms with Gasteiger partial charge in [-0.05, 0) is 6.07 Å². The number of fused-ring (bicyclic) bond motifs is 1. The number of aromatic amines is 1. The molecule has 0 amide bonds. The SMILES string of the molecule is Nc1[nH]c2ccccc2c1CO. The van der Waals surface area contributed by atoms with Crippen molar-refractivity contribution in [2.75, 3.05) is 5.73 Å². The monoisotopic (exact) mass is 162 g/mol. The number of aliphatic hydroxyl groups is 1. The van der Waals surface area contributed by atoms with Crippen molar-refractivity contribution in [3.05, 3.63) is 29.8 Å². The van der Waals surface area contributed by atoms with Crippen LogP contribution in [0.1, 0.15) is 5.56 Å². The quantitative estimate of drug-likeness (QED) is 0.590. The van der Waals surface area contributed by atoms with Gasteiger partial charge in [-0.15, -0.1) is 0 Å². The van der Waals surface area contributed by atoms with E-state index in [9.17, 15) is 0 Å². The molecule has 4 N–H and O–H groups in total. The standard InChI is InChI=1S/C9H10N2O/c10-9-7(5-12)6-3-1-2-4-8(6)11-9/h1-4,11-12H,5,10H2. The molecule has 0 aliphatic carbocycles. The fraction of sp³-hybridized carbons (Fsp3) is 0.111. The van der Waals surface area contributed by atoms with E-state index in [1.165, 1.54) is 0 Å². The Morgan fingerprint density at radius 1 is 1.33 bits per heavy atom. The lowest BCUT2D eigenvalue weighted by atomic mass is 10.2. The Morgan fingerprint density at radius 2 is 2.08 bits per heavy atom. The summed E-state index contributed by atoms with van der Waals surface area (Å²) < 4.78 is 0. The maximum Gasteiger partial charge on any atom is 0.107 e. The van der Waals surface area contributed by atoms with Crippen molar-refractivity contribution in [2.24, 2.45) is 0 Å². The van der Waals surface area contributed by atoms with Crippen molar-refractivity contribution in [3.63, 3.8) is 0 Å². The highest BCUT2D eigenvalue weighted by Gasteiger charge is 2.05. The zero-order valence-electron chi connectivity index (χ0n) is 6.54. The summed E-state index contributed by atoms with van der Waals surface area (Å²) in [4.78, 5) is 3.00. The van der Waals surface area contributed by atoms with E-state index in [0.717, 1.165) is 16.5 Å². The Bertz CT molecular complexity index is 406. The second-order valence-corrected chi connectivity index (χ2v) is 2.72. The van der Waals surface area contributed by atoms with Crippen molar-refractivity contribution in [1.82, 2.24) is 4.98 Å². The molecule has 2 aromatic rings. The summed E-state index contributed by atoms with van der Waals surface area (Å²) in [5.41, 5.74) is 7.40. The molecular formula is C9H10N2O. The van der Waals surface area contributed by atoms with Gasteiger partial charge < -0.3 is 15.8 Å². The van der Waals surface area contributed by atoms with Gasteiger partial charge in [0.15, 0.2) is 0 Å². The normalized spacial score (nSPS) is 10.8. The number of H-pyrrole nitrogens is 1. The fourth-order valence-corrected chi connectivity index (χ4v) is 1.39. The lowest BCUT2D eigenvalue weighted by molar-refractivity contribution is 0.284. The molecule has 3 heteroatoms. The minimum atomic E-state index is -0.0180. The molecule has 0 fully saturated rings. The summed E-state index contributed by atoms with van der Waals surface area (Å²) >= 11 is 0. The Morgan fingerprint density at radius 3 is 2.83 bits per heavy atom. The molecule has 0 atom stereocenters. The van der Waals surface area contributed by atoms with Gasteiger partial charge in [0.1, 0.15) is 5.82 Å². The smallest absolute Gasteiger partial charge is 0.107 e. The van der Waals surface area contributed by atoms with E-state index in [0.29, 0.717) is 5.82 Å². The van der Waals surface area contributed by atoms with Crippen LogP contribution in [0.3, 0.4) is 0 Å². The van der Waals surface area contributed by atoms with Crippen LogP contribution in [0.5, 0.6) is 0 Å². The lowest BCUT2D eigenvalue weighted by Gasteiger charge is -1.92. The lowest BCUT2D eigenvalue weighted by Crippen LogP contribution is -1.90. The summed E-state index contributed by atoms with van der Waals surface area (Å²) in [5.74, 6) is 0.554. The fourth-order valence-electron chi connectivity index (χ4n) is 1.39. The molecule has 1 aromatic heterocycles. The van der Waals surface area contributed by atoms with Gasteiger partial charge >= 0.3 is 0 Å². The third kappa shape index (κ3) is 0.871. The van der Waals surface area contributed by atoms with E-state index in [-0.39, 0.29) is 6.61 Å². The molecule has 0 aliphatic heterocycles. The molecule has 0 aliphatic rings. The van der Waals surface area contributed by atoms with Gasteiger partial charge in [0.25, 0.3) is 0 Å². The van der Waals surface area contributed by atoms with Crippen LogP contribution in [0.25, 0.3) is 10.9 Å². The van der Waals surface area contributed by atoms with Crippen LogP contribution in [-0.2, 0) is 6.61 Å². The van der Waals surface area contributed by atoms with E-state index in [1.807, 2.05) is 24.3 Å². The minimum Gasteiger partial charge on any atom is -0.392 e. The van der Waals surface area contributed by atoms with Gasteiger partial charge in [-0.25, -0.2) is 0 Å². The van der Waals surface area contributed by atoms with Crippen LogP contribution in [0.2, 0.25) is 0 Å². The second kappa shape index (κ2) is 2.53. The van der Waals surface area contributed by atoms with Crippen LogP contribution in [-0.4, -0.2) is 10.1 Å². The first-order chi connectivity index (χ1) is 5.83. The van der Waals surface area contributed by atoms with Crippen molar-refractivity contribution in [1.29, 1.82) is 0 Å². The minimum absolute atomic E-state index is 0.0180. The summed E-state index contributed by atoms with van der Waals surface area (Å²) in [5, 5.41) is 10.0. The molecule has 1 aromatic carbocycles. The number of hydrogen-bond donors (Lipinski definition) is 3. The highest BCUT2D eigenvalue weighted by atomic mass is 16.3. The van der Waals surface area contributed by atoms with Crippen molar-refractivity contribution < 1.29 is 5.11 Å². The summed E-state index contributed by atoms with van der Waals surface area (Å²) in [6, 6.07) is 7.73. The topological polar surface area (TPSA) is 62.0 Å². The van der Waals surface area contributed by atoms with Crippen molar-refractivity contribution in [3.8, 4) is 0 Å². The zero-order chi connectivity index (χ0) is 8.55. The average molecular weight is 162 g/mol. The van der Waals surface area contributed by atoms with E-state index in [2.05, 4.69) is 4.98 Å². The van der Waals surface area contributed by atoms with Crippen molar-refractivity contribution >= 4 is 16.7 Å². The molecule has 0 bridgehead atoms. The maximum atomic E-state index is 9.01. The molecule has 2 rings (SSSR count). The predicted molar refractivity (Wildman–Crippen MR) is 48.6 cm³/mol.